The van der Waals surface area contributed by atoms with Crippen molar-refractivity contribution in [1.29, 1.82) is 0 Å². The zero-order valence-corrected chi connectivity index (χ0v) is 12.0. The molecule has 0 spiro atoms. The lowest BCUT2D eigenvalue weighted by Gasteiger charge is -2.08. The summed E-state index contributed by atoms with van der Waals surface area (Å²) in [6.45, 7) is 2.00. The predicted molar refractivity (Wildman–Crippen MR) is 86.4 cm³/mol. The Morgan fingerprint density at radius 2 is 1.95 bits per heavy atom. The minimum atomic E-state index is 0.0526. The number of fused-ring (bicyclic) bond motifs is 1. The van der Waals surface area contributed by atoms with Gasteiger partial charge in [0.2, 0.25) is 5.91 Å². The fraction of sp³-hybridized carbons (Fsp3) is 0.167. The first-order valence-electron chi connectivity index (χ1n) is 7.14. The molecule has 0 aliphatic rings. The molecule has 3 heteroatoms. The number of hydrogen-bond donors (Lipinski definition) is 2. The van der Waals surface area contributed by atoms with E-state index in [9.17, 15) is 4.79 Å². The first-order chi connectivity index (χ1) is 10.2. The van der Waals surface area contributed by atoms with Gasteiger partial charge in [-0.25, -0.2) is 0 Å². The second-order valence-corrected chi connectivity index (χ2v) is 5.22. The minimum Gasteiger partial charge on any atom is -0.361 e. The fourth-order valence-corrected chi connectivity index (χ4v) is 2.54. The van der Waals surface area contributed by atoms with Crippen LogP contribution >= 0.6 is 0 Å². The molecule has 0 radical (unpaired) electrons. The number of benzene rings is 2. The highest BCUT2D eigenvalue weighted by Gasteiger charge is 2.07. The summed E-state index contributed by atoms with van der Waals surface area (Å²) in [6, 6.07) is 16.0. The maximum Gasteiger partial charge on any atom is 0.224 e. The number of aromatic amines is 1. The van der Waals surface area contributed by atoms with Crippen LogP contribution in [0.2, 0.25) is 0 Å². The van der Waals surface area contributed by atoms with E-state index in [0.717, 1.165) is 23.2 Å². The van der Waals surface area contributed by atoms with E-state index in [4.69, 9.17) is 0 Å². The Labute approximate surface area is 124 Å². The average molecular weight is 278 g/mol. The highest BCUT2D eigenvalue weighted by atomic mass is 16.1. The molecule has 0 aliphatic carbocycles. The molecule has 3 aromatic rings. The van der Waals surface area contributed by atoms with Crippen LogP contribution in [0.25, 0.3) is 10.9 Å². The van der Waals surface area contributed by atoms with E-state index in [0.29, 0.717) is 6.42 Å². The van der Waals surface area contributed by atoms with Crippen molar-refractivity contribution in [3.63, 3.8) is 0 Å². The highest BCUT2D eigenvalue weighted by molar-refractivity contribution is 5.92. The van der Waals surface area contributed by atoms with Crippen LogP contribution in [-0.4, -0.2) is 10.9 Å². The number of para-hydroxylation sites is 1. The fourth-order valence-electron chi connectivity index (χ4n) is 2.54. The maximum atomic E-state index is 12.1. The average Bonchev–Trinajstić information content (AvgIpc) is 2.96. The summed E-state index contributed by atoms with van der Waals surface area (Å²) in [5.74, 6) is 0.0526. The van der Waals surface area contributed by atoms with Gasteiger partial charge in [0.25, 0.3) is 0 Å². The van der Waals surface area contributed by atoms with Crippen molar-refractivity contribution in [2.75, 3.05) is 5.32 Å². The Bertz CT molecular complexity index is 773. The molecule has 0 saturated heterocycles. The van der Waals surface area contributed by atoms with Gasteiger partial charge < -0.3 is 10.3 Å². The van der Waals surface area contributed by atoms with Gasteiger partial charge in [0.05, 0.1) is 0 Å². The molecule has 0 atom stereocenters. The molecular formula is C18H18N2O. The summed E-state index contributed by atoms with van der Waals surface area (Å²) in [4.78, 5) is 15.3. The van der Waals surface area contributed by atoms with Crippen molar-refractivity contribution in [2.24, 2.45) is 0 Å². The van der Waals surface area contributed by atoms with Crippen molar-refractivity contribution in [1.82, 2.24) is 4.98 Å². The van der Waals surface area contributed by atoms with Gasteiger partial charge in [0.1, 0.15) is 0 Å². The SMILES string of the molecule is Cc1ccccc1NC(=O)CCc1cccc2[nH]ccc12. The Balaban J connectivity index is 1.66. The highest BCUT2D eigenvalue weighted by Crippen LogP contribution is 2.19. The van der Waals surface area contributed by atoms with E-state index < -0.39 is 0 Å². The minimum absolute atomic E-state index is 0.0526. The molecule has 0 fully saturated rings. The van der Waals surface area contributed by atoms with Crippen LogP contribution in [0.4, 0.5) is 5.69 Å². The standard InChI is InChI=1S/C18H18N2O/c1-13-5-2-3-7-16(13)20-18(21)10-9-14-6-4-8-17-15(14)11-12-19-17/h2-8,11-12,19H,9-10H2,1H3,(H,20,21). The van der Waals surface area contributed by atoms with Crippen LogP contribution in [0, 0.1) is 6.92 Å². The van der Waals surface area contributed by atoms with Gasteiger partial charge in [0, 0.05) is 29.2 Å². The van der Waals surface area contributed by atoms with Crippen LogP contribution < -0.4 is 5.32 Å². The van der Waals surface area contributed by atoms with Gasteiger partial charge in [0.15, 0.2) is 0 Å². The summed E-state index contributed by atoms with van der Waals surface area (Å²) in [6.07, 6.45) is 3.16. The first kappa shape index (κ1) is 13.4. The third kappa shape index (κ3) is 2.97. The van der Waals surface area contributed by atoms with E-state index in [2.05, 4.69) is 22.4 Å². The monoisotopic (exact) mass is 278 g/mol. The van der Waals surface area contributed by atoms with Crippen molar-refractivity contribution >= 4 is 22.5 Å². The molecule has 21 heavy (non-hydrogen) atoms. The van der Waals surface area contributed by atoms with Crippen molar-refractivity contribution in [3.05, 3.63) is 65.9 Å². The number of H-pyrrole nitrogens is 1. The molecule has 106 valence electrons. The number of aryl methyl sites for hydroxylation is 2. The Hall–Kier alpha value is -2.55. The molecule has 1 aromatic heterocycles. The molecule has 0 bridgehead atoms. The zero-order valence-electron chi connectivity index (χ0n) is 12.0. The first-order valence-corrected chi connectivity index (χ1v) is 7.14. The molecule has 0 unspecified atom stereocenters. The van der Waals surface area contributed by atoms with Crippen LogP contribution in [0.15, 0.2) is 54.7 Å². The number of carbonyl (C=O) groups is 1. The van der Waals surface area contributed by atoms with Gasteiger partial charge in [-0.05, 0) is 42.7 Å². The summed E-state index contributed by atoms with van der Waals surface area (Å²) in [5, 5.41) is 4.17. The lowest BCUT2D eigenvalue weighted by molar-refractivity contribution is -0.116. The Kier molecular flexibility index (Phi) is 3.73. The predicted octanol–water partition coefficient (Wildman–Crippen LogP) is 4.05. The lowest BCUT2D eigenvalue weighted by atomic mass is 10.0. The largest absolute Gasteiger partial charge is 0.361 e. The topological polar surface area (TPSA) is 44.9 Å². The molecule has 2 N–H and O–H groups in total. The lowest BCUT2D eigenvalue weighted by Crippen LogP contribution is -2.13. The van der Waals surface area contributed by atoms with E-state index in [1.807, 2.05) is 49.5 Å². The smallest absolute Gasteiger partial charge is 0.224 e. The van der Waals surface area contributed by atoms with Crippen LogP contribution in [0.1, 0.15) is 17.5 Å². The van der Waals surface area contributed by atoms with Crippen molar-refractivity contribution in [2.45, 2.75) is 19.8 Å². The quantitative estimate of drug-likeness (QED) is 0.743. The van der Waals surface area contributed by atoms with Crippen LogP contribution in [0.5, 0.6) is 0 Å². The van der Waals surface area contributed by atoms with Crippen molar-refractivity contribution < 1.29 is 4.79 Å². The van der Waals surface area contributed by atoms with E-state index in [1.54, 1.807) is 0 Å². The number of rotatable bonds is 4. The summed E-state index contributed by atoms with van der Waals surface area (Å²) in [7, 11) is 0. The number of hydrogen-bond acceptors (Lipinski definition) is 1. The van der Waals surface area contributed by atoms with Gasteiger partial charge in [-0.3, -0.25) is 4.79 Å². The van der Waals surface area contributed by atoms with Crippen molar-refractivity contribution in [3.8, 4) is 0 Å². The summed E-state index contributed by atoms with van der Waals surface area (Å²) >= 11 is 0. The molecule has 0 saturated carbocycles. The number of anilines is 1. The molecule has 0 aliphatic heterocycles. The Morgan fingerprint density at radius 1 is 1.10 bits per heavy atom. The summed E-state index contributed by atoms with van der Waals surface area (Å²) in [5.41, 5.74) is 4.29. The van der Waals surface area contributed by atoms with Crippen LogP contribution in [0.3, 0.4) is 0 Å². The third-order valence-corrected chi connectivity index (χ3v) is 3.73. The molecule has 1 amide bonds. The number of carbonyl (C=O) groups excluding carboxylic acids is 1. The zero-order chi connectivity index (χ0) is 14.7. The van der Waals surface area contributed by atoms with E-state index >= 15 is 0 Å². The Morgan fingerprint density at radius 3 is 2.81 bits per heavy atom. The number of amides is 1. The van der Waals surface area contributed by atoms with Gasteiger partial charge in [-0.1, -0.05) is 30.3 Å². The second-order valence-electron chi connectivity index (χ2n) is 5.22. The van der Waals surface area contributed by atoms with E-state index in [-0.39, 0.29) is 5.91 Å². The second kappa shape index (κ2) is 5.83. The van der Waals surface area contributed by atoms with Gasteiger partial charge >= 0.3 is 0 Å². The maximum absolute atomic E-state index is 12.1. The molecule has 2 aromatic carbocycles. The molecule has 3 nitrogen and oxygen atoms in total. The van der Waals surface area contributed by atoms with Crippen LogP contribution in [-0.2, 0) is 11.2 Å². The molecule has 1 heterocycles. The number of nitrogens with one attached hydrogen (secondary N) is 2. The molecular weight excluding hydrogens is 260 g/mol. The van der Waals surface area contributed by atoms with E-state index in [1.165, 1.54) is 10.9 Å². The molecule has 3 rings (SSSR count). The van der Waals surface area contributed by atoms with Gasteiger partial charge in [-0.2, -0.15) is 0 Å². The number of aromatic nitrogens is 1. The normalized spacial score (nSPS) is 10.7. The van der Waals surface area contributed by atoms with Gasteiger partial charge in [-0.15, -0.1) is 0 Å². The summed E-state index contributed by atoms with van der Waals surface area (Å²) < 4.78 is 0. The third-order valence-electron chi connectivity index (χ3n) is 3.73.